The van der Waals surface area contributed by atoms with E-state index in [0.29, 0.717) is 5.92 Å². The summed E-state index contributed by atoms with van der Waals surface area (Å²) >= 11 is 3.69. The second kappa shape index (κ2) is 6.46. The molecule has 4 heteroatoms. The fraction of sp³-hybridized carbons (Fsp3) is 0.316. The minimum absolute atomic E-state index is 0.277. The van der Waals surface area contributed by atoms with E-state index in [1.54, 1.807) is 0 Å². The molecule has 0 aromatic heterocycles. The van der Waals surface area contributed by atoms with Gasteiger partial charge in [-0.25, -0.2) is 0 Å². The van der Waals surface area contributed by atoms with E-state index in [-0.39, 0.29) is 6.04 Å². The summed E-state index contributed by atoms with van der Waals surface area (Å²) < 4.78 is 1.16. The van der Waals surface area contributed by atoms with Crippen LogP contribution in [0.15, 0.2) is 64.2 Å². The zero-order valence-corrected chi connectivity index (χ0v) is 14.5. The van der Waals surface area contributed by atoms with Crippen LogP contribution in [-0.2, 0) is 6.54 Å². The van der Waals surface area contributed by atoms with Gasteiger partial charge in [-0.1, -0.05) is 64.5 Å². The van der Waals surface area contributed by atoms with Gasteiger partial charge in [0.2, 0.25) is 0 Å². The monoisotopic (exact) mass is 369 g/mol. The van der Waals surface area contributed by atoms with E-state index in [4.69, 9.17) is 0 Å². The molecule has 1 fully saturated rings. The molecule has 2 atom stereocenters. The lowest BCUT2D eigenvalue weighted by Crippen LogP contribution is -2.41. The van der Waals surface area contributed by atoms with Crippen molar-refractivity contribution < 1.29 is 0 Å². The average Bonchev–Trinajstić information content (AvgIpc) is 2.99. The van der Waals surface area contributed by atoms with Gasteiger partial charge in [0.15, 0.2) is 0 Å². The average molecular weight is 370 g/mol. The summed E-state index contributed by atoms with van der Waals surface area (Å²) in [5.74, 6) is 0.464. The Morgan fingerprint density at radius 2 is 1.87 bits per heavy atom. The van der Waals surface area contributed by atoms with Gasteiger partial charge in [-0.15, -0.1) is 0 Å². The molecule has 2 aromatic rings. The molecule has 2 aliphatic heterocycles. The van der Waals surface area contributed by atoms with Crippen molar-refractivity contribution in [3.05, 3.63) is 70.2 Å². The van der Waals surface area contributed by atoms with E-state index >= 15 is 0 Å². The molecule has 2 unspecified atom stereocenters. The fourth-order valence-electron chi connectivity index (χ4n) is 3.61. The van der Waals surface area contributed by atoms with Gasteiger partial charge in [0, 0.05) is 42.2 Å². The molecule has 2 aromatic carbocycles. The largest absolute Gasteiger partial charge is 0.302 e. The second-order valence-electron chi connectivity index (χ2n) is 6.31. The molecular formula is C19H20BrN3. The van der Waals surface area contributed by atoms with Crippen molar-refractivity contribution in [2.45, 2.75) is 19.0 Å². The number of piperidine rings is 1. The standard InChI is InChI=1S/C19H20BrN3/c20-17-9-5-4-8-15(17)19-16-13-23(11-10-18(16)21-22-19)12-14-6-2-1-3-7-14/h1-9,16,19,22H,10-13H2. The van der Waals surface area contributed by atoms with Gasteiger partial charge in [0.25, 0.3) is 0 Å². The number of halogens is 1. The van der Waals surface area contributed by atoms with Crippen LogP contribution in [0.5, 0.6) is 0 Å². The maximum atomic E-state index is 4.62. The molecule has 0 radical (unpaired) electrons. The van der Waals surface area contributed by atoms with Crippen LogP contribution in [0.2, 0.25) is 0 Å². The summed E-state index contributed by atoms with van der Waals surface area (Å²) in [5.41, 5.74) is 7.39. The molecule has 0 bridgehead atoms. The van der Waals surface area contributed by atoms with Crippen LogP contribution < -0.4 is 5.43 Å². The summed E-state index contributed by atoms with van der Waals surface area (Å²) in [7, 11) is 0. The van der Waals surface area contributed by atoms with Crippen molar-refractivity contribution in [3.63, 3.8) is 0 Å². The molecule has 2 heterocycles. The first kappa shape index (κ1) is 14.9. The normalized spacial score (nSPS) is 24.0. The third-order valence-electron chi connectivity index (χ3n) is 4.81. The second-order valence-corrected chi connectivity index (χ2v) is 7.16. The van der Waals surface area contributed by atoms with Crippen molar-refractivity contribution in [2.75, 3.05) is 13.1 Å². The van der Waals surface area contributed by atoms with Gasteiger partial charge in [0.05, 0.1) is 6.04 Å². The van der Waals surface area contributed by atoms with Crippen LogP contribution in [0.1, 0.15) is 23.6 Å². The molecule has 0 saturated carbocycles. The van der Waals surface area contributed by atoms with E-state index < -0.39 is 0 Å². The minimum Gasteiger partial charge on any atom is -0.302 e. The minimum atomic E-state index is 0.277. The zero-order chi connectivity index (χ0) is 15.6. The quantitative estimate of drug-likeness (QED) is 0.885. The Morgan fingerprint density at radius 1 is 1.09 bits per heavy atom. The Labute approximate surface area is 145 Å². The molecule has 1 N–H and O–H groups in total. The highest BCUT2D eigenvalue weighted by atomic mass is 79.9. The van der Waals surface area contributed by atoms with Crippen LogP contribution >= 0.6 is 15.9 Å². The Hall–Kier alpha value is -1.65. The number of rotatable bonds is 3. The van der Waals surface area contributed by atoms with E-state index in [1.807, 2.05) is 0 Å². The van der Waals surface area contributed by atoms with Gasteiger partial charge >= 0.3 is 0 Å². The number of benzene rings is 2. The molecule has 0 aliphatic carbocycles. The molecular weight excluding hydrogens is 350 g/mol. The SMILES string of the molecule is Brc1ccccc1C1NN=C2CCN(Cc3ccccc3)CC21. The van der Waals surface area contributed by atoms with Gasteiger partial charge in [-0.3, -0.25) is 4.90 Å². The van der Waals surface area contributed by atoms with Crippen LogP contribution in [0.4, 0.5) is 0 Å². The highest BCUT2D eigenvalue weighted by Gasteiger charge is 2.37. The first-order valence-corrected chi connectivity index (χ1v) is 8.93. The number of likely N-dealkylation sites (tertiary alicyclic amines) is 1. The number of nitrogens with one attached hydrogen (secondary N) is 1. The Kier molecular flexibility index (Phi) is 4.19. The van der Waals surface area contributed by atoms with Crippen LogP contribution in [0.25, 0.3) is 0 Å². The van der Waals surface area contributed by atoms with Crippen molar-refractivity contribution in [2.24, 2.45) is 11.0 Å². The topological polar surface area (TPSA) is 27.6 Å². The van der Waals surface area contributed by atoms with E-state index in [0.717, 1.165) is 30.5 Å². The maximum absolute atomic E-state index is 4.62. The van der Waals surface area contributed by atoms with Crippen molar-refractivity contribution in [3.8, 4) is 0 Å². The molecule has 1 saturated heterocycles. The van der Waals surface area contributed by atoms with E-state index in [9.17, 15) is 0 Å². The van der Waals surface area contributed by atoms with Crippen molar-refractivity contribution in [1.29, 1.82) is 0 Å². The molecule has 2 aliphatic rings. The van der Waals surface area contributed by atoms with Crippen LogP contribution in [0, 0.1) is 5.92 Å². The Bertz CT molecular complexity index is 714. The van der Waals surface area contributed by atoms with Gasteiger partial charge < -0.3 is 5.43 Å². The summed E-state index contributed by atoms with van der Waals surface area (Å²) in [4.78, 5) is 2.55. The first-order valence-electron chi connectivity index (χ1n) is 8.14. The molecule has 0 amide bonds. The molecule has 4 rings (SSSR count). The number of hydrazone groups is 1. The van der Waals surface area contributed by atoms with Crippen molar-refractivity contribution in [1.82, 2.24) is 10.3 Å². The van der Waals surface area contributed by atoms with E-state index in [2.05, 4.69) is 86.0 Å². The Balaban J connectivity index is 1.51. The first-order chi connectivity index (χ1) is 11.3. The highest BCUT2D eigenvalue weighted by Crippen LogP contribution is 2.35. The molecule has 3 nitrogen and oxygen atoms in total. The predicted molar refractivity (Wildman–Crippen MR) is 97.3 cm³/mol. The fourth-order valence-corrected chi connectivity index (χ4v) is 4.14. The highest BCUT2D eigenvalue weighted by molar-refractivity contribution is 9.10. The summed E-state index contributed by atoms with van der Waals surface area (Å²) in [6, 6.07) is 19.5. The van der Waals surface area contributed by atoms with Crippen LogP contribution in [-0.4, -0.2) is 23.7 Å². The summed E-state index contributed by atoms with van der Waals surface area (Å²) in [5, 5.41) is 4.62. The molecule has 23 heavy (non-hydrogen) atoms. The van der Waals surface area contributed by atoms with E-state index in [1.165, 1.54) is 16.8 Å². The lowest BCUT2D eigenvalue weighted by Gasteiger charge is -2.33. The smallest absolute Gasteiger partial charge is 0.0793 e. The van der Waals surface area contributed by atoms with Gasteiger partial charge in [-0.05, 0) is 17.2 Å². The summed E-state index contributed by atoms with van der Waals surface area (Å²) in [6.45, 7) is 3.18. The lowest BCUT2D eigenvalue weighted by molar-refractivity contribution is 0.220. The molecule has 118 valence electrons. The maximum Gasteiger partial charge on any atom is 0.0793 e. The van der Waals surface area contributed by atoms with Gasteiger partial charge in [-0.2, -0.15) is 5.10 Å². The number of hydrogen-bond acceptors (Lipinski definition) is 3. The lowest BCUT2D eigenvalue weighted by atomic mass is 9.86. The number of hydrogen-bond donors (Lipinski definition) is 1. The number of nitrogens with zero attached hydrogens (tertiary/aromatic N) is 2. The van der Waals surface area contributed by atoms with Crippen molar-refractivity contribution >= 4 is 21.6 Å². The number of fused-ring (bicyclic) bond motifs is 1. The predicted octanol–water partition coefficient (Wildman–Crippen LogP) is 3.97. The third kappa shape index (κ3) is 3.06. The third-order valence-corrected chi connectivity index (χ3v) is 5.53. The Morgan fingerprint density at radius 3 is 2.70 bits per heavy atom. The zero-order valence-electron chi connectivity index (χ0n) is 13.0. The van der Waals surface area contributed by atoms with Gasteiger partial charge in [0.1, 0.15) is 0 Å². The molecule has 0 spiro atoms. The van der Waals surface area contributed by atoms with Crippen LogP contribution in [0.3, 0.4) is 0 Å². The summed E-state index contributed by atoms with van der Waals surface area (Å²) in [6.07, 6.45) is 1.06.